The van der Waals surface area contributed by atoms with Crippen LogP contribution in [0.15, 0.2) is 34.9 Å². The normalized spacial score (nSPS) is 12.2. The Morgan fingerprint density at radius 2 is 1.42 bits per heavy atom. The van der Waals surface area contributed by atoms with Gasteiger partial charge in [-0.1, -0.05) is 34.9 Å². The quantitative estimate of drug-likeness (QED) is 0.110. The average molecular weight is 438 g/mol. The van der Waals surface area contributed by atoms with Crippen LogP contribution in [0.5, 0.6) is 0 Å². The Balaban J connectivity index is 3.97. The summed E-state index contributed by atoms with van der Waals surface area (Å²) >= 11 is 0. The summed E-state index contributed by atoms with van der Waals surface area (Å²) in [6, 6.07) is 0. The molecule has 0 rings (SSSR count). The second-order valence-electron chi connectivity index (χ2n) is 8.79. The number of carbonyl (C=O) groups excluding carboxylic acids is 3. The minimum absolute atomic E-state index is 0.207. The Morgan fingerprint density at radius 1 is 0.839 bits per heavy atom. The maximum Gasteiger partial charge on any atom is 0.318 e. The minimum atomic E-state index is -0.804. The van der Waals surface area contributed by atoms with Crippen molar-refractivity contribution in [2.45, 2.75) is 80.6 Å². The predicted octanol–water partition coefficient (Wildman–Crippen LogP) is 4.93. The highest BCUT2D eigenvalue weighted by atomic mass is 16.7. The van der Waals surface area contributed by atoms with Gasteiger partial charge in [-0.15, -0.1) is 0 Å². The Morgan fingerprint density at radius 3 is 2.00 bits per heavy atom. The maximum atomic E-state index is 11.7. The first-order chi connectivity index (χ1) is 14.4. The van der Waals surface area contributed by atoms with Crippen LogP contribution in [0.2, 0.25) is 0 Å². The molecule has 0 unspecified atom stereocenters. The van der Waals surface area contributed by atoms with Crippen molar-refractivity contribution in [3.63, 3.8) is 0 Å². The van der Waals surface area contributed by atoms with Gasteiger partial charge in [0.15, 0.2) is 0 Å². The summed E-state index contributed by atoms with van der Waals surface area (Å²) in [4.78, 5) is 39.8. The second-order valence-corrected chi connectivity index (χ2v) is 8.79. The predicted molar refractivity (Wildman–Crippen MR) is 121 cm³/mol. The molecule has 0 heterocycles. The van der Waals surface area contributed by atoms with Gasteiger partial charge in [0.25, 0.3) is 5.91 Å². The summed E-state index contributed by atoms with van der Waals surface area (Å²) in [5, 5.41) is 0. The fraction of sp³-hybridized carbons (Fsp3) is 0.625. The Kier molecular flexibility index (Phi) is 14.2. The van der Waals surface area contributed by atoms with Crippen molar-refractivity contribution in [1.82, 2.24) is 5.48 Å². The number of rotatable bonds is 13. The van der Waals surface area contributed by atoms with E-state index in [-0.39, 0.29) is 6.61 Å². The van der Waals surface area contributed by atoms with Crippen molar-refractivity contribution < 1.29 is 28.7 Å². The molecule has 7 nitrogen and oxygen atoms in total. The number of allylic oxidation sites excluding steroid dienone is 5. The zero-order valence-corrected chi connectivity index (χ0v) is 20.1. The summed E-state index contributed by atoms with van der Waals surface area (Å²) in [5.41, 5.74) is 5.38. The van der Waals surface area contributed by atoms with Crippen LogP contribution in [0.4, 0.5) is 0 Å². The Hall–Kier alpha value is -2.41. The molecule has 0 aromatic heterocycles. The summed E-state index contributed by atoms with van der Waals surface area (Å²) in [6.07, 6.45) is 9.88. The Bertz CT molecular complexity index is 679. The van der Waals surface area contributed by atoms with E-state index >= 15 is 0 Å². The highest BCUT2D eigenvalue weighted by Crippen LogP contribution is 2.15. The summed E-state index contributed by atoms with van der Waals surface area (Å²) in [6.45, 7) is 13.1. The van der Waals surface area contributed by atoms with E-state index in [1.165, 1.54) is 11.1 Å². The monoisotopic (exact) mass is 437 g/mol. The fourth-order valence-electron chi connectivity index (χ4n) is 2.23. The van der Waals surface area contributed by atoms with Crippen LogP contribution in [0.3, 0.4) is 0 Å². The molecule has 176 valence electrons. The van der Waals surface area contributed by atoms with Gasteiger partial charge in [0.2, 0.25) is 6.79 Å². The lowest BCUT2D eigenvalue weighted by Crippen LogP contribution is -2.28. The molecule has 0 aromatic carbocycles. The molecule has 0 aliphatic heterocycles. The molecule has 0 fully saturated rings. The first-order valence-corrected chi connectivity index (χ1v) is 10.6. The molecular weight excluding hydrogens is 398 g/mol. The van der Waals surface area contributed by atoms with Gasteiger partial charge >= 0.3 is 11.9 Å². The van der Waals surface area contributed by atoms with Gasteiger partial charge in [-0.25, -0.2) is 5.48 Å². The molecular formula is C24H39NO6. The van der Waals surface area contributed by atoms with Gasteiger partial charge in [-0.2, -0.15) is 0 Å². The first-order valence-electron chi connectivity index (χ1n) is 10.6. The molecule has 1 N–H and O–H groups in total. The van der Waals surface area contributed by atoms with Crippen molar-refractivity contribution >= 4 is 17.8 Å². The number of hydrogen-bond donors (Lipinski definition) is 1. The van der Waals surface area contributed by atoms with E-state index in [2.05, 4.69) is 38.4 Å². The molecule has 0 aliphatic carbocycles. The van der Waals surface area contributed by atoms with E-state index in [0.717, 1.165) is 31.3 Å². The van der Waals surface area contributed by atoms with Gasteiger partial charge in [0.05, 0.1) is 12.0 Å². The number of esters is 2. The van der Waals surface area contributed by atoms with E-state index < -0.39 is 36.5 Å². The molecule has 0 radical (unpaired) electrons. The van der Waals surface area contributed by atoms with Crippen molar-refractivity contribution in [3.05, 3.63) is 34.9 Å². The second kappa shape index (κ2) is 15.4. The summed E-state index contributed by atoms with van der Waals surface area (Å²) in [7, 11) is 0. The fourth-order valence-corrected chi connectivity index (χ4v) is 2.23. The average Bonchev–Trinajstić information content (AvgIpc) is 2.64. The first kappa shape index (κ1) is 28.6. The third-order valence-corrected chi connectivity index (χ3v) is 4.15. The standard InChI is InChI=1S/C24H39NO6/c1-18(2)10-8-11-19(3)12-9-13-20(4)14-15-31-25-21(26)16-22(27)29-17-30-23(28)24(5,6)7/h10,12,14H,8-9,11,13,15-17H2,1-7H3,(H,25,26)/b19-12+,20-14+. The SMILES string of the molecule is CC(C)=CCC/C(C)=C/CC/C(C)=C/CONC(=O)CC(=O)OCOC(=O)C(C)(C)C. The number of nitrogens with one attached hydrogen (secondary N) is 1. The van der Waals surface area contributed by atoms with E-state index in [1.54, 1.807) is 20.8 Å². The molecule has 0 atom stereocenters. The number of ether oxygens (including phenoxy) is 2. The van der Waals surface area contributed by atoms with Crippen molar-refractivity contribution in [2.24, 2.45) is 5.41 Å². The lowest BCUT2D eigenvalue weighted by molar-refractivity contribution is -0.173. The molecule has 31 heavy (non-hydrogen) atoms. The van der Waals surface area contributed by atoms with Crippen molar-refractivity contribution in [3.8, 4) is 0 Å². The summed E-state index contributed by atoms with van der Waals surface area (Å²) < 4.78 is 9.50. The van der Waals surface area contributed by atoms with Crippen molar-refractivity contribution in [2.75, 3.05) is 13.4 Å². The van der Waals surface area contributed by atoms with Crippen LogP contribution in [-0.2, 0) is 28.7 Å². The van der Waals surface area contributed by atoms with E-state index in [1.807, 2.05) is 13.0 Å². The largest absolute Gasteiger partial charge is 0.427 e. The van der Waals surface area contributed by atoms with Gasteiger partial charge < -0.3 is 9.47 Å². The third-order valence-electron chi connectivity index (χ3n) is 4.15. The van der Waals surface area contributed by atoms with Crippen LogP contribution in [0.1, 0.15) is 80.6 Å². The molecule has 7 heteroatoms. The van der Waals surface area contributed by atoms with Crippen LogP contribution in [-0.4, -0.2) is 31.2 Å². The highest BCUT2D eigenvalue weighted by molar-refractivity contribution is 5.93. The van der Waals surface area contributed by atoms with Crippen LogP contribution in [0, 0.1) is 5.41 Å². The molecule has 0 saturated heterocycles. The summed E-state index contributed by atoms with van der Waals surface area (Å²) in [5.74, 6) is -1.93. The Labute approximate surface area is 186 Å². The lowest BCUT2D eigenvalue weighted by atomic mass is 9.98. The number of amides is 1. The molecule has 0 aliphatic rings. The molecule has 0 bridgehead atoms. The van der Waals surface area contributed by atoms with Gasteiger partial charge in [-0.3, -0.25) is 19.2 Å². The molecule has 0 aromatic rings. The van der Waals surface area contributed by atoms with Gasteiger partial charge in [0.1, 0.15) is 6.42 Å². The van der Waals surface area contributed by atoms with E-state index in [4.69, 9.17) is 14.3 Å². The zero-order chi connectivity index (χ0) is 23.9. The smallest absolute Gasteiger partial charge is 0.318 e. The molecule has 0 spiro atoms. The number of carbonyl (C=O) groups is 3. The number of hydroxylamine groups is 1. The van der Waals surface area contributed by atoms with Crippen LogP contribution in [0.25, 0.3) is 0 Å². The zero-order valence-electron chi connectivity index (χ0n) is 20.1. The van der Waals surface area contributed by atoms with Crippen LogP contribution >= 0.6 is 0 Å². The van der Waals surface area contributed by atoms with Gasteiger partial charge in [0, 0.05) is 0 Å². The highest BCUT2D eigenvalue weighted by Gasteiger charge is 2.23. The molecule has 0 saturated carbocycles. The lowest BCUT2D eigenvalue weighted by Gasteiger charge is -2.16. The molecule has 1 amide bonds. The van der Waals surface area contributed by atoms with Crippen molar-refractivity contribution in [1.29, 1.82) is 0 Å². The topological polar surface area (TPSA) is 90.9 Å². The van der Waals surface area contributed by atoms with Gasteiger partial charge in [-0.05, 0) is 74.1 Å². The van der Waals surface area contributed by atoms with E-state index in [9.17, 15) is 14.4 Å². The third kappa shape index (κ3) is 17.0. The maximum absolute atomic E-state index is 11.7. The van der Waals surface area contributed by atoms with E-state index in [0.29, 0.717) is 0 Å². The minimum Gasteiger partial charge on any atom is -0.427 e. The number of hydrogen-bond acceptors (Lipinski definition) is 6. The van der Waals surface area contributed by atoms with Crippen LogP contribution < -0.4 is 5.48 Å².